The van der Waals surface area contributed by atoms with Gasteiger partial charge in [-0.15, -0.1) is 0 Å². The lowest BCUT2D eigenvalue weighted by Crippen LogP contribution is -2.52. The van der Waals surface area contributed by atoms with Crippen LogP contribution < -0.4 is 16.0 Å². The Balaban J connectivity index is 0.969. The van der Waals surface area contributed by atoms with Crippen LogP contribution in [-0.4, -0.2) is 85.0 Å². The maximum absolute atomic E-state index is 15.2. The topological polar surface area (TPSA) is 168 Å². The van der Waals surface area contributed by atoms with E-state index in [0.29, 0.717) is 43.6 Å². The first-order valence-electron chi connectivity index (χ1n) is 16.8. The summed E-state index contributed by atoms with van der Waals surface area (Å²) in [6.07, 6.45) is -4.32. The molecule has 1 aromatic carbocycles. The van der Waals surface area contributed by atoms with Crippen molar-refractivity contribution in [3.05, 3.63) is 76.8 Å². The molecule has 0 saturated carbocycles. The first kappa shape index (κ1) is 36.6. The molecule has 0 spiro atoms. The number of likely N-dealkylation sites (tertiary alicyclic amines) is 1. The fraction of sp³-hybridized carbons (Fsp3) is 0.382. The van der Waals surface area contributed by atoms with Crippen molar-refractivity contribution < 1.29 is 49.9 Å². The summed E-state index contributed by atoms with van der Waals surface area (Å²) in [5.74, 6) is -3.58. The van der Waals surface area contributed by atoms with Gasteiger partial charge in [-0.1, -0.05) is 6.07 Å². The molecule has 3 aliphatic heterocycles. The van der Waals surface area contributed by atoms with Crippen LogP contribution >= 0.6 is 0 Å². The summed E-state index contributed by atoms with van der Waals surface area (Å²) in [7, 11) is 0. The Kier molecular flexibility index (Phi) is 10.1. The first-order chi connectivity index (χ1) is 25.8. The van der Waals surface area contributed by atoms with Crippen molar-refractivity contribution in [2.45, 2.75) is 70.0 Å². The number of piperidine rings is 2. The summed E-state index contributed by atoms with van der Waals surface area (Å²) in [5.41, 5.74) is -0.0436. The molecule has 3 aromatic heterocycles. The Morgan fingerprint density at radius 3 is 2.56 bits per heavy atom. The fourth-order valence-electron chi connectivity index (χ4n) is 6.81. The van der Waals surface area contributed by atoms with Gasteiger partial charge in [-0.25, -0.2) is 36.3 Å². The highest BCUT2D eigenvalue weighted by Crippen LogP contribution is 2.33. The maximum Gasteiger partial charge on any atom is 0.287 e. The summed E-state index contributed by atoms with van der Waals surface area (Å²) in [4.78, 5) is 61.1. The highest BCUT2D eigenvalue weighted by atomic mass is 19.3. The molecule has 3 aliphatic rings. The molecule has 2 fully saturated rings. The number of nitrogens with zero attached hydrogens (tertiary/aromatic N) is 6. The second-order valence-electron chi connectivity index (χ2n) is 13.0. The van der Waals surface area contributed by atoms with Crippen LogP contribution in [0.1, 0.15) is 75.8 Å². The number of imide groups is 1. The highest BCUT2D eigenvalue weighted by Gasteiger charge is 2.41. The van der Waals surface area contributed by atoms with E-state index < -0.39 is 60.3 Å². The number of carbonyl (C=O) groups excluding carboxylic acids is 4. The predicted octanol–water partition coefficient (Wildman–Crippen LogP) is 4.83. The number of hydrogen-bond donors (Lipinski definition) is 3. The number of benzene rings is 1. The first-order valence-corrected chi connectivity index (χ1v) is 16.8. The van der Waals surface area contributed by atoms with E-state index >= 15 is 4.39 Å². The van der Waals surface area contributed by atoms with Crippen molar-refractivity contribution in [3.63, 3.8) is 0 Å². The van der Waals surface area contributed by atoms with Gasteiger partial charge in [-0.2, -0.15) is 5.10 Å². The van der Waals surface area contributed by atoms with Crippen LogP contribution in [0.5, 0.6) is 0 Å². The van der Waals surface area contributed by atoms with Crippen molar-refractivity contribution in [1.82, 2.24) is 34.9 Å². The Morgan fingerprint density at radius 1 is 1.06 bits per heavy atom. The van der Waals surface area contributed by atoms with Crippen molar-refractivity contribution in [2.75, 3.05) is 23.7 Å². The minimum absolute atomic E-state index is 0.0343. The van der Waals surface area contributed by atoms with E-state index in [-0.39, 0.29) is 59.6 Å². The zero-order valence-electron chi connectivity index (χ0n) is 28.1. The van der Waals surface area contributed by atoms with Crippen LogP contribution in [-0.2, 0) is 22.7 Å². The van der Waals surface area contributed by atoms with Crippen molar-refractivity contribution in [1.29, 1.82) is 0 Å². The Labute approximate surface area is 301 Å². The Bertz CT molecular complexity index is 2100. The summed E-state index contributed by atoms with van der Waals surface area (Å²) in [6.45, 7) is 1.37. The molecule has 0 bridgehead atoms. The second-order valence-corrected chi connectivity index (χ2v) is 13.0. The second kappa shape index (κ2) is 14.9. The van der Waals surface area contributed by atoms with Gasteiger partial charge in [0, 0.05) is 50.6 Å². The minimum atomic E-state index is -3.30. The van der Waals surface area contributed by atoms with E-state index in [1.807, 2.05) is 10.2 Å². The van der Waals surface area contributed by atoms with E-state index in [4.69, 9.17) is 4.42 Å². The zero-order valence-corrected chi connectivity index (χ0v) is 28.1. The Hall–Kier alpha value is -5.79. The van der Waals surface area contributed by atoms with Crippen LogP contribution in [0.25, 0.3) is 11.5 Å². The molecule has 2 saturated heterocycles. The SMILES string of the molecule is O=C1CCC(N2Cc3cc(CN4CCC(n5cc(NC(=O)c6coc(-c7ccnc(NC(F)C(F)F)c7)n6)c(C(F)F)n5)CC4)cc(F)c3C2=O)C(=O)N1. The fourth-order valence-corrected chi connectivity index (χ4v) is 6.81. The molecule has 4 aromatic rings. The number of amides is 4. The van der Waals surface area contributed by atoms with E-state index in [1.165, 1.54) is 40.2 Å². The lowest BCUT2D eigenvalue weighted by Gasteiger charge is -2.32. The van der Waals surface area contributed by atoms with Gasteiger partial charge in [0.1, 0.15) is 23.9 Å². The molecule has 284 valence electrons. The van der Waals surface area contributed by atoms with Crippen LogP contribution in [0.15, 0.2) is 47.3 Å². The van der Waals surface area contributed by atoms with E-state index in [2.05, 4.69) is 25.7 Å². The largest absolute Gasteiger partial charge is 0.444 e. The van der Waals surface area contributed by atoms with Gasteiger partial charge in [-0.3, -0.25) is 34.1 Å². The maximum atomic E-state index is 15.2. The molecule has 3 N–H and O–H groups in total. The molecule has 0 aliphatic carbocycles. The molecular formula is C34H31F6N9O5. The van der Waals surface area contributed by atoms with E-state index in [1.54, 1.807) is 6.07 Å². The van der Waals surface area contributed by atoms with Gasteiger partial charge in [0.15, 0.2) is 11.4 Å². The predicted molar refractivity (Wildman–Crippen MR) is 175 cm³/mol. The van der Waals surface area contributed by atoms with Crippen LogP contribution in [0.3, 0.4) is 0 Å². The summed E-state index contributed by atoms with van der Waals surface area (Å²) in [5, 5.41) is 10.6. The van der Waals surface area contributed by atoms with Gasteiger partial charge in [0.05, 0.1) is 17.3 Å². The average Bonchev–Trinajstić information content (AvgIpc) is 3.87. The van der Waals surface area contributed by atoms with E-state index in [9.17, 15) is 41.1 Å². The third-order valence-electron chi connectivity index (χ3n) is 9.44. The molecule has 54 heavy (non-hydrogen) atoms. The molecule has 2 atom stereocenters. The van der Waals surface area contributed by atoms with Gasteiger partial charge in [-0.05, 0) is 48.6 Å². The smallest absolute Gasteiger partial charge is 0.287 e. The normalized spacial score (nSPS) is 18.7. The van der Waals surface area contributed by atoms with Crippen molar-refractivity contribution in [3.8, 4) is 11.5 Å². The lowest BCUT2D eigenvalue weighted by atomic mass is 10.0. The van der Waals surface area contributed by atoms with Crippen LogP contribution in [0, 0.1) is 5.82 Å². The number of anilines is 2. The third kappa shape index (κ3) is 7.50. The molecular weight excluding hydrogens is 728 g/mol. The zero-order chi connectivity index (χ0) is 38.3. The molecule has 6 heterocycles. The van der Waals surface area contributed by atoms with Crippen molar-refractivity contribution >= 4 is 35.1 Å². The summed E-state index contributed by atoms with van der Waals surface area (Å²) in [6, 6.07) is 4.40. The average molecular weight is 760 g/mol. The number of rotatable bonds is 11. The minimum Gasteiger partial charge on any atom is -0.444 e. The number of oxazole rings is 1. The highest BCUT2D eigenvalue weighted by molar-refractivity contribution is 6.05. The molecule has 7 rings (SSSR count). The summed E-state index contributed by atoms with van der Waals surface area (Å²) >= 11 is 0. The molecule has 4 amide bonds. The molecule has 2 unspecified atom stereocenters. The number of halogens is 6. The van der Waals surface area contributed by atoms with Gasteiger partial charge in [0.25, 0.3) is 24.7 Å². The number of alkyl halides is 5. The third-order valence-corrected chi connectivity index (χ3v) is 9.44. The lowest BCUT2D eigenvalue weighted by molar-refractivity contribution is -0.136. The molecule has 0 radical (unpaired) electrons. The molecule has 20 heteroatoms. The quantitative estimate of drug-likeness (QED) is 0.110. The number of aromatic nitrogens is 4. The summed E-state index contributed by atoms with van der Waals surface area (Å²) < 4.78 is 88.6. The number of nitrogens with one attached hydrogen (secondary N) is 3. The van der Waals surface area contributed by atoms with Crippen molar-refractivity contribution in [2.24, 2.45) is 0 Å². The van der Waals surface area contributed by atoms with Gasteiger partial charge in [0.2, 0.25) is 24.0 Å². The van der Waals surface area contributed by atoms with Crippen LogP contribution in [0.4, 0.5) is 37.8 Å². The monoisotopic (exact) mass is 759 g/mol. The number of hydrogen-bond acceptors (Lipinski definition) is 10. The van der Waals surface area contributed by atoms with Crippen LogP contribution in [0.2, 0.25) is 0 Å². The van der Waals surface area contributed by atoms with E-state index in [0.717, 1.165) is 6.26 Å². The number of pyridine rings is 1. The standard InChI is InChI=1S/C34H31F6N9O5/c35-20-10-16(9-18-13-48(34(53)26(18)20)23-1-2-25(50)45-32(23)52)12-47-7-4-19(5-8-47)49-14-21(27(46-49)28(36)37)42-31(51)22-15-54-33(43-22)17-3-6-41-24(11-17)44-30(40)29(38)39/h3,6,9-11,14-15,19,23,28-30H,1-2,4-5,7-8,12-13H2,(H,41,44)(H,42,51)(H,45,50,52). The number of carbonyl (C=O) groups is 4. The Morgan fingerprint density at radius 2 is 1.83 bits per heavy atom. The number of fused-ring (bicyclic) bond motifs is 1. The van der Waals surface area contributed by atoms with Gasteiger partial charge >= 0.3 is 0 Å². The molecule has 14 nitrogen and oxygen atoms in total. The van der Waals surface area contributed by atoms with Gasteiger partial charge < -0.3 is 20.0 Å².